The number of nitrogens with one attached hydrogen (secondary N) is 1. The highest BCUT2D eigenvalue weighted by molar-refractivity contribution is 6.12. The second-order valence-electron chi connectivity index (χ2n) is 11.0. The van der Waals surface area contributed by atoms with Crippen LogP contribution in [0, 0.1) is 5.92 Å². The van der Waals surface area contributed by atoms with Crippen LogP contribution in [-0.4, -0.2) is 44.0 Å². The van der Waals surface area contributed by atoms with Crippen molar-refractivity contribution in [3.05, 3.63) is 126 Å². The van der Waals surface area contributed by atoms with E-state index in [1.807, 2.05) is 97.6 Å². The van der Waals surface area contributed by atoms with Crippen molar-refractivity contribution in [3.8, 4) is 5.75 Å². The third kappa shape index (κ3) is 9.04. The Kier molecular flexibility index (Phi) is 11.7. The predicted octanol–water partition coefficient (Wildman–Crippen LogP) is 6.96. The average Bonchev–Trinajstić information content (AvgIpc) is 3.05. The normalized spacial score (nSPS) is 11.5. The lowest BCUT2D eigenvalue weighted by Gasteiger charge is -2.24. The molecular formula is C37H40N2O5. The number of hydrogen-bond donors (Lipinski definition) is 1. The summed E-state index contributed by atoms with van der Waals surface area (Å²) in [6.07, 6.45) is 1.52. The molecule has 0 aliphatic carbocycles. The summed E-state index contributed by atoms with van der Waals surface area (Å²) in [7, 11) is 1.35. The van der Waals surface area contributed by atoms with Gasteiger partial charge in [-0.3, -0.25) is 9.59 Å². The first-order valence-corrected chi connectivity index (χ1v) is 15.0. The fourth-order valence-electron chi connectivity index (χ4n) is 4.91. The van der Waals surface area contributed by atoms with Gasteiger partial charge < -0.3 is 19.7 Å². The summed E-state index contributed by atoms with van der Waals surface area (Å²) in [4.78, 5) is 40.7. The van der Waals surface area contributed by atoms with Crippen molar-refractivity contribution in [2.24, 2.45) is 5.92 Å². The molecule has 44 heavy (non-hydrogen) atoms. The molecule has 0 aliphatic heterocycles. The van der Waals surface area contributed by atoms with Gasteiger partial charge in [0.15, 0.2) is 5.78 Å². The minimum absolute atomic E-state index is 0.108. The zero-order valence-corrected chi connectivity index (χ0v) is 25.6. The topological polar surface area (TPSA) is 84.9 Å². The average molecular weight is 593 g/mol. The van der Waals surface area contributed by atoms with Gasteiger partial charge in [0, 0.05) is 41.9 Å². The van der Waals surface area contributed by atoms with E-state index < -0.39 is 12.0 Å². The number of benzene rings is 4. The Morgan fingerprint density at radius 1 is 0.795 bits per heavy atom. The Bertz CT molecular complexity index is 1500. The lowest BCUT2D eigenvalue weighted by Crippen LogP contribution is -2.33. The number of anilines is 2. The molecular weight excluding hydrogens is 552 g/mol. The molecule has 7 heteroatoms. The third-order valence-electron chi connectivity index (χ3n) is 7.13. The van der Waals surface area contributed by atoms with Crippen LogP contribution in [0.15, 0.2) is 109 Å². The van der Waals surface area contributed by atoms with Crippen molar-refractivity contribution < 1.29 is 23.9 Å². The molecule has 0 unspecified atom stereocenters. The maximum absolute atomic E-state index is 13.2. The third-order valence-corrected chi connectivity index (χ3v) is 7.13. The van der Waals surface area contributed by atoms with Crippen LogP contribution >= 0.6 is 0 Å². The van der Waals surface area contributed by atoms with Gasteiger partial charge in [-0.15, -0.1) is 0 Å². The van der Waals surface area contributed by atoms with Crippen molar-refractivity contribution >= 4 is 29.0 Å². The highest BCUT2D eigenvalue weighted by Gasteiger charge is 2.23. The minimum Gasteiger partial charge on any atom is -0.494 e. The lowest BCUT2D eigenvalue weighted by atomic mass is 10.00. The van der Waals surface area contributed by atoms with Gasteiger partial charge in [-0.1, -0.05) is 86.6 Å². The first kappa shape index (κ1) is 32.0. The molecule has 228 valence electrons. The maximum atomic E-state index is 13.2. The second-order valence-corrected chi connectivity index (χ2v) is 11.0. The van der Waals surface area contributed by atoms with Crippen LogP contribution in [0.1, 0.15) is 48.2 Å². The Morgan fingerprint density at radius 2 is 1.43 bits per heavy atom. The van der Waals surface area contributed by atoms with Gasteiger partial charge in [-0.05, 0) is 54.3 Å². The van der Waals surface area contributed by atoms with Crippen molar-refractivity contribution in [3.63, 3.8) is 0 Å². The smallest absolute Gasteiger partial charge is 0.328 e. The second kappa shape index (κ2) is 16.1. The Balaban J connectivity index is 1.36. The van der Waals surface area contributed by atoms with E-state index in [4.69, 9.17) is 9.47 Å². The standard InChI is InChI=1S/C37H40N2O5/c1-27(2)25-35(40)39(30-15-8-5-9-16-30)23-12-24-44-31-21-19-28(20-22-31)26-34(37(42)43-3)38-33-18-11-10-17-32(33)36(41)29-13-6-4-7-14-29/h4-11,13-22,27,34,38H,12,23-26H2,1-3H3/t34-/m0/s1. The Morgan fingerprint density at radius 3 is 2.09 bits per heavy atom. The molecule has 4 rings (SSSR count). The van der Waals surface area contributed by atoms with E-state index in [9.17, 15) is 14.4 Å². The number of esters is 1. The van der Waals surface area contributed by atoms with Crippen LogP contribution in [-0.2, 0) is 20.7 Å². The van der Waals surface area contributed by atoms with Crippen molar-refractivity contribution in [1.82, 2.24) is 0 Å². The number of amides is 1. The summed E-state index contributed by atoms with van der Waals surface area (Å²) in [5.74, 6) is 0.535. The fraction of sp³-hybridized carbons (Fsp3) is 0.270. The highest BCUT2D eigenvalue weighted by atomic mass is 16.5. The molecule has 1 N–H and O–H groups in total. The quantitative estimate of drug-likeness (QED) is 0.0913. The first-order valence-electron chi connectivity index (χ1n) is 15.0. The molecule has 0 aliphatic rings. The largest absolute Gasteiger partial charge is 0.494 e. The van der Waals surface area contributed by atoms with Gasteiger partial charge in [0.05, 0.1) is 13.7 Å². The number of hydrogen-bond acceptors (Lipinski definition) is 6. The van der Waals surface area contributed by atoms with Gasteiger partial charge in [0.25, 0.3) is 0 Å². The summed E-state index contributed by atoms with van der Waals surface area (Å²) in [6.45, 7) is 5.11. The van der Waals surface area contributed by atoms with Gasteiger partial charge >= 0.3 is 5.97 Å². The summed E-state index contributed by atoms with van der Waals surface area (Å²) < 4.78 is 11.1. The molecule has 0 saturated heterocycles. The van der Waals surface area contributed by atoms with Gasteiger partial charge in [0.2, 0.25) is 5.91 Å². The van der Waals surface area contributed by atoms with Crippen LogP contribution in [0.2, 0.25) is 0 Å². The van der Waals surface area contributed by atoms with Gasteiger partial charge in [-0.25, -0.2) is 4.79 Å². The first-order chi connectivity index (χ1) is 21.4. The summed E-state index contributed by atoms with van der Waals surface area (Å²) in [5, 5.41) is 3.24. The molecule has 0 heterocycles. The van der Waals surface area contributed by atoms with Gasteiger partial charge in [-0.2, -0.15) is 0 Å². The molecule has 0 bridgehead atoms. The van der Waals surface area contributed by atoms with E-state index in [-0.39, 0.29) is 17.6 Å². The van der Waals surface area contributed by atoms with E-state index in [2.05, 4.69) is 5.32 Å². The lowest BCUT2D eigenvalue weighted by molar-refractivity contribution is -0.141. The number of ketones is 1. The Labute approximate surface area is 259 Å². The maximum Gasteiger partial charge on any atom is 0.328 e. The molecule has 4 aromatic carbocycles. The number of para-hydroxylation sites is 2. The number of nitrogens with zero attached hydrogens (tertiary/aromatic N) is 1. The molecule has 1 amide bonds. The predicted molar refractivity (Wildman–Crippen MR) is 174 cm³/mol. The van der Waals surface area contributed by atoms with Crippen molar-refractivity contribution in [2.75, 3.05) is 30.5 Å². The highest BCUT2D eigenvalue weighted by Crippen LogP contribution is 2.23. The van der Waals surface area contributed by atoms with E-state index in [1.54, 1.807) is 30.3 Å². The van der Waals surface area contributed by atoms with E-state index >= 15 is 0 Å². The number of rotatable bonds is 15. The van der Waals surface area contributed by atoms with E-state index in [1.165, 1.54) is 7.11 Å². The van der Waals surface area contributed by atoms with E-state index in [0.717, 1.165) is 11.3 Å². The minimum atomic E-state index is -0.705. The molecule has 0 fully saturated rings. The van der Waals surface area contributed by atoms with Crippen molar-refractivity contribution in [2.45, 2.75) is 39.2 Å². The number of methoxy groups -OCH3 is 1. The number of ether oxygens (including phenoxy) is 2. The Hall–Kier alpha value is -4.91. The SMILES string of the molecule is COC(=O)[C@H](Cc1ccc(OCCCN(C(=O)CC(C)C)c2ccccc2)cc1)Nc1ccccc1C(=O)c1ccccc1. The van der Waals surface area contributed by atoms with Crippen LogP contribution < -0.4 is 15.0 Å². The van der Waals surface area contributed by atoms with Gasteiger partial charge in [0.1, 0.15) is 11.8 Å². The monoisotopic (exact) mass is 592 g/mol. The van der Waals surface area contributed by atoms with Crippen LogP contribution in [0.25, 0.3) is 0 Å². The van der Waals surface area contributed by atoms with Crippen LogP contribution in [0.5, 0.6) is 5.75 Å². The molecule has 0 spiro atoms. The number of carbonyl (C=O) groups is 3. The van der Waals surface area contributed by atoms with E-state index in [0.29, 0.717) is 55.0 Å². The summed E-state index contributed by atoms with van der Waals surface area (Å²) in [6, 6.07) is 32.8. The molecule has 4 aromatic rings. The van der Waals surface area contributed by atoms with Crippen molar-refractivity contribution in [1.29, 1.82) is 0 Å². The number of carbonyl (C=O) groups excluding carboxylic acids is 3. The molecule has 0 aromatic heterocycles. The van der Waals surface area contributed by atoms with Crippen LogP contribution in [0.3, 0.4) is 0 Å². The molecule has 0 radical (unpaired) electrons. The van der Waals surface area contributed by atoms with Crippen LogP contribution in [0.4, 0.5) is 11.4 Å². The molecule has 7 nitrogen and oxygen atoms in total. The molecule has 0 saturated carbocycles. The zero-order valence-electron chi connectivity index (χ0n) is 25.6. The zero-order chi connectivity index (χ0) is 31.3. The fourth-order valence-corrected chi connectivity index (χ4v) is 4.91. The molecule has 1 atom stereocenters. The summed E-state index contributed by atoms with van der Waals surface area (Å²) in [5.41, 5.74) is 3.41. The summed E-state index contributed by atoms with van der Waals surface area (Å²) >= 11 is 0.